The predicted octanol–water partition coefficient (Wildman–Crippen LogP) is 2.76. The van der Waals surface area contributed by atoms with Crippen molar-refractivity contribution in [2.75, 3.05) is 0 Å². The molecule has 27 heavy (non-hydrogen) atoms. The molecule has 0 unspecified atom stereocenters. The average Bonchev–Trinajstić information content (AvgIpc) is 3.41. The Morgan fingerprint density at radius 3 is 2.37 bits per heavy atom. The molecule has 0 amide bonds. The first-order valence-corrected chi connectivity index (χ1v) is 9.17. The third-order valence-electron chi connectivity index (χ3n) is 4.23. The normalized spacial score (nSPS) is 12.1. The molecule has 0 fully saturated rings. The maximum atomic E-state index is 12.8. The summed E-state index contributed by atoms with van der Waals surface area (Å²) in [5.74, 6) is 0.554. The number of nitrogens with one attached hydrogen (secondary N) is 1. The highest BCUT2D eigenvalue weighted by Crippen LogP contribution is 2.21. The third-order valence-corrected chi connectivity index (χ3v) is 5.19. The van der Waals surface area contributed by atoms with Gasteiger partial charge in [0.05, 0.1) is 16.4 Å². The van der Waals surface area contributed by atoms with Crippen LogP contribution in [0.5, 0.6) is 0 Å². The third kappa shape index (κ3) is 2.74. The number of rotatable bonds is 3. The van der Waals surface area contributed by atoms with Crippen LogP contribution < -0.4 is 10.1 Å². The molecular weight excluding hydrogens is 358 g/mol. The highest BCUT2D eigenvalue weighted by Gasteiger charge is 2.12. The lowest BCUT2D eigenvalue weighted by Crippen LogP contribution is -2.23. The zero-order valence-electron chi connectivity index (χ0n) is 14.0. The monoisotopic (exact) mass is 371 g/mol. The van der Waals surface area contributed by atoms with Crippen LogP contribution >= 0.6 is 11.3 Å². The van der Waals surface area contributed by atoms with Gasteiger partial charge in [-0.25, -0.2) is 0 Å². The molecular formula is C20H13N5OS. The summed E-state index contributed by atoms with van der Waals surface area (Å²) in [7, 11) is 0. The molecule has 6 nitrogen and oxygen atoms in total. The first-order chi connectivity index (χ1) is 13.3. The van der Waals surface area contributed by atoms with Crippen LogP contribution in [0.15, 0.2) is 71.7 Å². The van der Waals surface area contributed by atoms with Crippen LogP contribution in [0.25, 0.3) is 33.7 Å². The molecule has 0 radical (unpaired) electrons. The topological polar surface area (TPSA) is 75.9 Å². The highest BCUT2D eigenvalue weighted by atomic mass is 32.1. The van der Waals surface area contributed by atoms with E-state index in [1.54, 1.807) is 6.20 Å². The summed E-state index contributed by atoms with van der Waals surface area (Å²) in [6.07, 6.45) is 3.55. The van der Waals surface area contributed by atoms with Crippen LogP contribution in [-0.4, -0.2) is 24.8 Å². The number of hydrogen-bond acceptors (Lipinski definition) is 5. The lowest BCUT2D eigenvalue weighted by molar-refractivity contribution is 0.937. The number of aromatic amines is 1. The molecule has 0 saturated carbocycles. The Morgan fingerprint density at radius 2 is 1.67 bits per heavy atom. The number of hydrogen-bond donors (Lipinski definition) is 1. The van der Waals surface area contributed by atoms with Crippen molar-refractivity contribution in [1.82, 2.24) is 24.8 Å². The Bertz CT molecular complexity index is 1340. The van der Waals surface area contributed by atoms with Crippen LogP contribution in [0.2, 0.25) is 0 Å². The van der Waals surface area contributed by atoms with Gasteiger partial charge in [0.2, 0.25) is 4.96 Å². The summed E-state index contributed by atoms with van der Waals surface area (Å²) in [6.45, 7) is 0. The number of benzene rings is 2. The molecule has 3 aromatic heterocycles. The van der Waals surface area contributed by atoms with Crippen LogP contribution in [0.3, 0.4) is 0 Å². The number of thiazole rings is 1. The number of fused-ring (bicyclic) bond motifs is 1. The fraction of sp³-hybridized carbons (Fsp3) is 0. The summed E-state index contributed by atoms with van der Waals surface area (Å²) in [5.41, 5.74) is 3.45. The number of aromatic nitrogens is 5. The largest absolute Gasteiger partial charge is 0.291 e. The molecule has 0 aliphatic carbocycles. The van der Waals surface area contributed by atoms with Crippen molar-refractivity contribution in [3.05, 3.63) is 87.3 Å². The van der Waals surface area contributed by atoms with Gasteiger partial charge in [-0.15, -0.1) is 5.10 Å². The zero-order valence-corrected chi connectivity index (χ0v) is 14.9. The van der Waals surface area contributed by atoms with Crippen molar-refractivity contribution in [2.45, 2.75) is 0 Å². The molecule has 5 aromatic rings. The summed E-state index contributed by atoms with van der Waals surface area (Å²) >= 11 is 1.32. The van der Waals surface area contributed by atoms with E-state index in [0.717, 1.165) is 22.4 Å². The molecule has 0 atom stereocenters. The van der Waals surface area contributed by atoms with E-state index in [-0.39, 0.29) is 5.56 Å². The van der Waals surface area contributed by atoms with Gasteiger partial charge in [-0.2, -0.15) is 14.6 Å². The first-order valence-electron chi connectivity index (χ1n) is 8.35. The molecule has 0 spiro atoms. The van der Waals surface area contributed by atoms with E-state index in [0.29, 0.717) is 15.3 Å². The van der Waals surface area contributed by atoms with E-state index >= 15 is 0 Å². The Morgan fingerprint density at radius 1 is 0.963 bits per heavy atom. The minimum Gasteiger partial charge on any atom is -0.277 e. The molecule has 0 aliphatic heterocycles. The van der Waals surface area contributed by atoms with Gasteiger partial charge in [-0.3, -0.25) is 9.89 Å². The predicted molar refractivity (Wildman–Crippen MR) is 105 cm³/mol. The quantitative estimate of drug-likeness (QED) is 0.529. The average molecular weight is 371 g/mol. The second kappa shape index (κ2) is 6.30. The maximum absolute atomic E-state index is 12.8. The van der Waals surface area contributed by atoms with E-state index in [1.165, 1.54) is 15.9 Å². The van der Waals surface area contributed by atoms with Crippen LogP contribution in [0, 0.1) is 0 Å². The van der Waals surface area contributed by atoms with Crippen molar-refractivity contribution in [1.29, 1.82) is 0 Å². The van der Waals surface area contributed by atoms with Gasteiger partial charge < -0.3 is 0 Å². The van der Waals surface area contributed by atoms with E-state index in [9.17, 15) is 4.79 Å². The Labute approximate surface area is 157 Å². The van der Waals surface area contributed by atoms with Crippen molar-refractivity contribution < 1.29 is 0 Å². The Balaban J connectivity index is 1.61. The van der Waals surface area contributed by atoms with Gasteiger partial charge in [-0.05, 0) is 6.08 Å². The number of H-pyrrole nitrogens is 1. The van der Waals surface area contributed by atoms with E-state index in [4.69, 9.17) is 0 Å². The Kier molecular flexibility index (Phi) is 3.65. The molecule has 0 saturated heterocycles. The maximum Gasteiger partial charge on any atom is 0.291 e. The summed E-state index contributed by atoms with van der Waals surface area (Å²) < 4.78 is 1.93. The van der Waals surface area contributed by atoms with Crippen molar-refractivity contribution in [3.8, 4) is 22.6 Å². The second-order valence-corrected chi connectivity index (χ2v) is 6.99. The number of nitrogens with zero attached hydrogens (tertiary/aromatic N) is 4. The van der Waals surface area contributed by atoms with Crippen LogP contribution in [0.4, 0.5) is 0 Å². The fourth-order valence-electron chi connectivity index (χ4n) is 2.93. The van der Waals surface area contributed by atoms with Crippen molar-refractivity contribution in [3.63, 3.8) is 0 Å². The van der Waals surface area contributed by atoms with Crippen molar-refractivity contribution >= 4 is 22.4 Å². The van der Waals surface area contributed by atoms with E-state index in [2.05, 4.69) is 20.3 Å². The first kappa shape index (κ1) is 15.7. The molecule has 3 heterocycles. The summed E-state index contributed by atoms with van der Waals surface area (Å²) in [6, 6.07) is 19.5. The van der Waals surface area contributed by atoms with Gasteiger partial charge in [0.15, 0.2) is 5.82 Å². The second-order valence-electron chi connectivity index (χ2n) is 5.98. The Hall–Kier alpha value is -3.58. The van der Waals surface area contributed by atoms with E-state index in [1.807, 2.05) is 66.7 Å². The molecule has 130 valence electrons. The molecule has 5 rings (SSSR count). The smallest absolute Gasteiger partial charge is 0.277 e. The van der Waals surface area contributed by atoms with Gasteiger partial charge in [0.1, 0.15) is 0 Å². The molecule has 1 N–H and O–H groups in total. The summed E-state index contributed by atoms with van der Waals surface area (Å²) in [5, 5.41) is 11.5. The van der Waals surface area contributed by atoms with Gasteiger partial charge in [0.25, 0.3) is 5.56 Å². The van der Waals surface area contributed by atoms with Gasteiger partial charge >= 0.3 is 0 Å². The zero-order chi connectivity index (χ0) is 18.2. The van der Waals surface area contributed by atoms with E-state index < -0.39 is 0 Å². The lowest BCUT2D eigenvalue weighted by Gasteiger charge is -1.98. The standard InChI is InChI=1S/C20H13N5OS/c26-19-16(11-15-12-21-23-17(15)13-7-3-1-4-8-13)27-20-22-18(24-25(19)20)14-9-5-2-6-10-14/h1-12H,(H,21,23). The molecule has 0 bridgehead atoms. The highest BCUT2D eigenvalue weighted by molar-refractivity contribution is 7.15. The minimum absolute atomic E-state index is 0.176. The molecule has 2 aromatic carbocycles. The SMILES string of the molecule is O=c1c(=Cc2cn[nH]c2-c2ccccc2)sc2nc(-c3ccccc3)nn12. The fourth-order valence-corrected chi connectivity index (χ4v) is 3.82. The lowest BCUT2D eigenvalue weighted by atomic mass is 10.1. The van der Waals surface area contributed by atoms with Crippen molar-refractivity contribution in [2.24, 2.45) is 0 Å². The summed E-state index contributed by atoms with van der Waals surface area (Å²) in [4.78, 5) is 17.8. The van der Waals surface area contributed by atoms with Gasteiger partial charge in [0, 0.05) is 16.7 Å². The molecule has 7 heteroatoms. The van der Waals surface area contributed by atoms with Crippen LogP contribution in [0.1, 0.15) is 5.56 Å². The molecule has 0 aliphatic rings. The van der Waals surface area contributed by atoms with Gasteiger partial charge in [-0.1, -0.05) is 72.0 Å². The van der Waals surface area contributed by atoms with Crippen LogP contribution in [-0.2, 0) is 0 Å². The minimum atomic E-state index is -0.176.